The molecular formula is C14H18N6O2S2. The van der Waals surface area contributed by atoms with Gasteiger partial charge in [-0.1, -0.05) is 28.3 Å². The number of thioether (sulfide) groups is 1. The number of fused-ring (bicyclic) bond motifs is 1. The number of aliphatic hydroxyl groups is 1. The van der Waals surface area contributed by atoms with Crippen molar-refractivity contribution in [2.45, 2.75) is 37.7 Å². The second kappa shape index (κ2) is 6.91. The second-order valence-electron chi connectivity index (χ2n) is 5.38. The van der Waals surface area contributed by atoms with E-state index in [1.165, 1.54) is 23.1 Å². The molecule has 8 nitrogen and oxygen atoms in total. The molecule has 3 rings (SSSR count). The number of hydrogen-bond donors (Lipinski definition) is 3. The van der Waals surface area contributed by atoms with Crippen molar-refractivity contribution in [1.29, 1.82) is 0 Å². The molecule has 0 amide bonds. The van der Waals surface area contributed by atoms with Gasteiger partial charge in [-0.25, -0.2) is 15.0 Å². The van der Waals surface area contributed by atoms with E-state index in [4.69, 9.17) is 10.3 Å². The summed E-state index contributed by atoms with van der Waals surface area (Å²) in [7, 11) is 0. The Morgan fingerprint density at radius 1 is 1.33 bits per heavy atom. The van der Waals surface area contributed by atoms with Crippen LogP contribution in [0.2, 0.25) is 0 Å². The summed E-state index contributed by atoms with van der Waals surface area (Å²) in [4.78, 5) is 13.3. The van der Waals surface area contributed by atoms with Gasteiger partial charge in [-0.2, -0.15) is 0 Å². The number of aryl methyl sites for hydroxylation is 2. The van der Waals surface area contributed by atoms with Crippen molar-refractivity contribution in [2.75, 3.05) is 17.7 Å². The molecule has 1 unspecified atom stereocenters. The molecule has 0 bridgehead atoms. The van der Waals surface area contributed by atoms with Crippen molar-refractivity contribution in [1.82, 2.24) is 20.1 Å². The smallest absolute Gasteiger partial charge is 0.191 e. The average Bonchev–Trinajstić information content (AvgIpc) is 3.07. The Bertz CT molecular complexity index is 843. The van der Waals surface area contributed by atoms with E-state index < -0.39 is 0 Å². The van der Waals surface area contributed by atoms with Gasteiger partial charge < -0.3 is 20.7 Å². The third-order valence-corrected chi connectivity index (χ3v) is 5.19. The summed E-state index contributed by atoms with van der Waals surface area (Å²) >= 11 is 2.80. The van der Waals surface area contributed by atoms with Crippen LogP contribution in [0, 0.1) is 13.8 Å². The van der Waals surface area contributed by atoms with Gasteiger partial charge in [-0.05, 0) is 20.8 Å². The number of aromatic nitrogens is 4. The minimum absolute atomic E-state index is 0.00133. The molecule has 0 saturated carbocycles. The van der Waals surface area contributed by atoms with E-state index in [9.17, 15) is 5.11 Å². The Kier molecular flexibility index (Phi) is 4.88. The number of thiazole rings is 1. The van der Waals surface area contributed by atoms with Gasteiger partial charge in [0, 0.05) is 17.4 Å². The van der Waals surface area contributed by atoms with E-state index in [2.05, 4.69) is 25.4 Å². The van der Waals surface area contributed by atoms with Crippen LogP contribution in [-0.2, 0) is 5.75 Å². The van der Waals surface area contributed by atoms with Gasteiger partial charge in [0.05, 0.1) is 12.3 Å². The molecule has 3 aromatic heterocycles. The first-order valence-electron chi connectivity index (χ1n) is 7.34. The zero-order valence-electron chi connectivity index (χ0n) is 13.5. The van der Waals surface area contributed by atoms with Gasteiger partial charge in [-0.3, -0.25) is 0 Å². The van der Waals surface area contributed by atoms with Crippen molar-refractivity contribution in [3.8, 4) is 0 Å². The summed E-state index contributed by atoms with van der Waals surface area (Å²) in [6.07, 6.45) is 0. The summed E-state index contributed by atoms with van der Waals surface area (Å²) < 4.78 is 5.96. The molecule has 0 fully saturated rings. The zero-order chi connectivity index (χ0) is 17.3. The van der Waals surface area contributed by atoms with Crippen LogP contribution in [0.5, 0.6) is 0 Å². The van der Waals surface area contributed by atoms with Crippen molar-refractivity contribution < 1.29 is 9.63 Å². The summed E-state index contributed by atoms with van der Waals surface area (Å²) in [5.41, 5.74) is 8.26. The minimum Gasteiger partial charge on any atom is -0.394 e. The number of nitrogens with two attached hydrogens (primary N) is 1. The van der Waals surface area contributed by atoms with Crippen LogP contribution in [0.15, 0.2) is 9.68 Å². The van der Waals surface area contributed by atoms with Crippen LogP contribution in [-0.4, -0.2) is 37.9 Å². The Morgan fingerprint density at radius 3 is 2.79 bits per heavy atom. The second-order valence-corrected chi connectivity index (χ2v) is 7.35. The molecule has 0 aliphatic heterocycles. The van der Waals surface area contributed by atoms with Gasteiger partial charge in [0.25, 0.3) is 0 Å². The number of nitrogen functional groups attached to an aromatic ring is 1. The predicted molar refractivity (Wildman–Crippen MR) is 95.3 cm³/mol. The summed E-state index contributed by atoms with van der Waals surface area (Å²) in [5, 5.41) is 17.4. The number of hydrogen-bond acceptors (Lipinski definition) is 10. The fourth-order valence-electron chi connectivity index (χ4n) is 2.11. The molecule has 0 saturated heterocycles. The van der Waals surface area contributed by atoms with Gasteiger partial charge >= 0.3 is 0 Å². The molecule has 0 aliphatic rings. The van der Waals surface area contributed by atoms with Crippen LogP contribution < -0.4 is 11.1 Å². The van der Waals surface area contributed by atoms with Crippen molar-refractivity contribution in [3.63, 3.8) is 0 Å². The van der Waals surface area contributed by atoms with Gasteiger partial charge in [-0.15, -0.1) is 0 Å². The maximum Gasteiger partial charge on any atom is 0.191 e. The lowest BCUT2D eigenvalue weighted by Gasteiger charge is -2.12. The lowest BCUT2D eigenvalue weighted by atomic mass is 10.2. The summed E-state index contributed by atoms with van der Waals surface area (Å²) in [6, 6.07) is -0.133. The third kappa shape index (κ3) is 3.45. The van der Waals surface area contributed by atoms with Crippen LogP contribution in [0.1, 0.15) is 23.9 Å². The fraction of sp³-hybridized carbons (Fsp3) is 0.429. The van der Waals surface area contributed by atoms with Crippen molar-refractivity contribution >= 4 is 44.4 Å². The number of nitrogens with one attached hydrogen (secondary N) is 1. The van der Waals surface area contributed by atoms with E-state index >= 15 is 0 Å². The highest BCUT2D eigenvalue weighted by molar-refractivity contribution is 7.98. The molecule has 10 heteroatoms. The first-order valence-corrected chi connectivity index (χ1v) is 9.14. The normalized spacial score (nSPS) is 12.7. The Labute approximate surface area is 146 Å². The van der Waals surface area contributed by atoms with E-state index in [1.807, 2.05) is 20.8 Å². The molecule has 0 aliphatic carbocycles. The minimum atomic E-state index is -0.133. The summed E-state index contributed by atoms with van der Waals surface area (Å²) in [6.45, 7) is 5.67. The Hall–Kier alpha value is -1.91. The quantitative estimate of drug-likeness (QED) is 0.445. The van der Waals surface area contributed by atoms with E-state index in [1.54, 1.807) is 0 Å². The maximum atomic E-state index is 9.27. The molecule has 1 atom stereocenters. The number of anilines is 2. The van der Waals surface area contributed by atoms with Gasteiger partial charge in [0.1, 0.15) is 10.5 Å². The molecule has 3 heterocycles. The molecule has 4 N–H and O–H groups in total. The molecule has 0 radical (unpaired) electrons. The van der Waals surface area contributed by atoms with Crippen LogP contribution in [0.25, 0.3) is 10.3 Å². The first kappa shape index (κ1) is 16.9. The van der Waals surface area contributed by atoms with Crippen LogP contribution in [0.4, 0.5) is 10.9 Å². The predicted octanol–water partition coefficient (Wildman–Crippen LogP) is 2.36. The fourth-order valence-corrected chi connectivity index (χ4v) is 3.82. The van der Waals surface area contributed by atoms with Gasteiger partial charge in [0.2, 0.25) is 0 Å². The highest BCUT2D eigenvalue weighted by Gasteiger charge is 2.16. The molecule has 0 aromatic carbocycles. The summed E-state index contributed by atoms with van der Waals surface area (Å²) in [5.74, 6) is 2.09. The average molecular weight is 366 g/mol. The highest BCUT2D eigenvalue weighted by atomic mass is 32.2. The van der Waals surface area contributed by atoms with E-state index in [0.717, 1.165) is 21.7 Å². The lowest BCUT2D eigenvalue weighted by Crippen LogP contribution is -2.20. The van der Waals surface area contributed by atoms with E-state index in [0.29, 0.717) is 27.5 Å². The largest absolute Gasteiger partial charge is 0.394 e. The molecule has 128 valence electrons. The van der Waals surface area contributed by atoms with Crippen LogP contribution >= 0.6 is 23.1 Å². The Balaban J connectivity index is 1.90. The van der Waals surface area contributed by atoms with Gasteiger partial charge in [0.15, 0.2) is 21.8 Å². The molecule has 24 heavy (non-hydrogen) atoms. The third-order valence-electron chi connectivity index (χ3n) is 3.43. The standard InChI is InChI=1S/C14H18N6O2S2/c1-6(4-21)16-11-10-12(17-13(15)24-10)19-14(18-11)23-5-9-7(2)20-22-8(9)3/h6,21H,4-5H2,1-3H3,(H3,15,16,17,18,19). The number of rotatable bonds is 6. The maximum absolute atomic E-state index is 9.27. The Morgan fingerprint density at radius 2 is 2.12 bits per heavy atom. The zero-order valence-corrected chi connectivity index (χ0v) is 15.2. The van der Waals surface area contributed by atoms with Crippen molar-refractivity contribution in [2.24, 2.45) is 0 Å². The molecular weight excluding hydrogens is 348 g/mol. The van der Waals surface area contributed by atoms with Crippen molar-refractivity contribution in [3.05, 3.63) is 17.0 Å². The monoisotopic (exact) mass is 366 g/mol. The SMILES string of the molecule is Cc1noc(C)c1CSc1nc(NC(C)CO)c2sc(N)nc2n1. The topological polar surface area (TPSA) is 123 Å². The van der Waals surface area contributed by atoms with Crippen LogP contribution in [0.3, 0.4) is 0 Å². The molecule has 0 spiro atoms. The number of aliphatic hydroxyl groups excluding tert-OH is 1. The lowest BCUT2D eigenvalue weighted by molar-refractivity contribution is 0.281. The van der Waals surface area contributed by atoms with E-state index in [-0.39, 0.29) is 12.6 Å². The highest BCUT2D eigenvalue weighted by Crippen LogP contribution is 2.32. The molecule has 3 aromatic rings. The first-order chi connectivity index (χ1) is 11.5. The number of nitrogens with zero attached hydrogens (tertiary/aromatic N) is 4.